The molecule has 0 bridgehead atoms. The van der Waals surface area contributed by atoms with Crippen molar-refractivity contribution in [3.63, 3.8) is 0 Å². The van der Waals surface area contributed by atoms with E-state index in [-0.39, 0.29) is 5.84 Å². The molecular weight excluding hydrogens is 130 g/mol. The van der Waals surface area contributed by atoms with Crippen LogP contribution in [0.4, 0.5) is 0 Å². The van der Waals surface area contributed by atoms with Crippen molar-refractivity contribution in [3.8, 4) is 0 Å². The number of hydrogen-bond acceptors (Lipinski definition) is 3. The van der Waals surface area contributed by atoms with E-state index in [1.165, 1.54) is 0 Å². The van der Waals surface area contributed by atoms with Gasteiger partial charge in [-0.3, -0.25) is 5.41 Å². The predicted octanol–water partition coefficient (Wildman–Crippen LogP) is 1.82. The average Bonchev–Trinajstić information content (AvgIpc) is 2.15. The van der Waals surface area contributed by atoms with E-state index in [0.29, 0.717) is 5.76 Å². The van der Waals surface area contributed by atoms with Gasteiger partial charge in [0.05, 0.1) is 0 Å². The lowest BCUT2D eigenvalue weighted by atomic mass is 10.3. The van der Waals surface area contributed by atoms with E-state index in [4.69, 9.17) is 5.41 Å². The van der Waals surface area contributed by atoms with E-state index in [2.05, 4.69) is 21.8 Å². The molecule has 1 heterocycles. The van der Waals surface area contributed by atoms with Gasteiger partial charge < -0.3 is 4.84 Å². The van der Waals surface area contributed by atoms with Crippen LogP contribution in [0.5, 0.6) is 0 Å². The third kappa shape index (κ3) is 1.28. The summed E-state index contributed by atoms with van der Waals surface area (Å²) in [6.07, 6.45) is 1.61. The van der Waals surface area contributed by atoms with Crippen molar-refractivity contribution in [1.29, 1.82) is 5.41 Å². The van der Waals surface area contributed by atoms with Crippen LogP contribution < -0.4 is 0 Å². The maximum atomic E-state index is 7.10. The van der Waals surface area contributed by atoms with Gasteiger partial charge in [-0.15, -0.1) is 0 Å². The van der Waals surface area contributed by atoms with Crippen molar-refractivity contribution in [1.82, 2.24) is 0 Å². The Morgan fingerprint density at radius 2 is 2.50 bits per heavy atom. The van der Waals surface area contributed by atoms with Gasteiger partial charge in [0.2, 0.25) is 11.6 Å². The van der Waals surface area contributed by atoms with E-state index in [9.17, 15) is 0 Å². The number of nitrogens with zero attached hydrogens (tertiary/aromatic N) is 2. The Labute approximate surface area is 58.4 Å². The van der Waals surface area contributed by atoms with Gasteiger partial charge in [0.15, 0.2) is 0 Å². The zero-order valence-electron chi connectivity index (χ0n) is 5.59. The summed E-state index contributed by atoms with van der Waals surface area (Å²) >= 11 is 0. The molecule has 0 saturated carbocycles. The van der Waals surface area contributed by atoms with Crippen molar-refractivity contribution >= 4 is 5.84 Å². The molecular formula is C6H7N3O. The first-order valence-corrected chi connectivity index (χ1v) is 2.74. The molecule has 0 aliphatic carbocycles. The van der Waals surface area contributed by atoms with Crippen molar-refractivity contribution in [3.05, 3.63) is 24.0 Å². The fourth-order valence-electron chi connectivity index (χ4n) is 0.516. The molecule has 1 N–H and O–H groups in total. The second-order valence-electron chi connectivity index (χ2n) is 1.98. The van der Waals surface area contributed by atoms with Crippen LogP contribution in [-0.2, 0) is 4.84 Å². The molecule has 10 heavy (non-hydrogen) atoms. The molecule has 1 aliphatic rings. The Morgan fingerprint density at radius 1 is 1.80 bits per heavy atom. The predicted molar refractivity (Wildman–Crippen MR) is 36.6 cm³/mol. The number of nitrogens with one attached hydrogen (secondary N) is 1. The molecule has 4 nitrogen and oxygen atoms in total. The summed E-state index contributed by atoms with van der Waals surface area (Å²) in [5, 5.41) is 13.6. The SMILES string of the molecule is C=C(C)/C=C1/ON=NC1=N. The molecule has 0 aromatic rings. The van der Waals surface area contributed by atoms with Crippen LogP contribution in [0.2, 0.25) is 0 Å². The standard InChI is InChI=1S/C6H7N3O/c1-4(2)3-5-6(7)8-9-10-5/h3,7H,1H2,2H3/b5-3+,7-6?. The largest absolute Gasteiger partial charge is 0.335 e. The van der Waals surface area contributed by atoms with Gasteiger partial charge in [-0.05, 0) is 13.0 Å². The van der Waals surface area contributed by atoms with Crippen molar-refractivity contribution < 1.29 is 4.84 Å². The monoisotopic (exact) mass is 137 g/mol. The van der Waals surface area contributed by atoms with Crippen LogP contribution in [0, 0.1) is 5.41 Å². The summed E-state index contributed by atoms with van der Waals surface area (Å²) in [4.78, 5) is 4.61. The molecule has 4 heteroatoms. The van der Waals surface area contributed by atoms with E-state index in [0.717, 1.165) is 5.57 Å². The minimum atomic E-state index is 0.0444. The normalized spacial score (nSPS) is 19.7. The topological polar surface area (TPSA) is 57.8 Å². The van der Waals surface area contributed by atoms with Gasteiger partial charge in [0.25, 0.3) is 0 Å². The average molecular weight is 137 g/mol. The number of rotatable bonds is 1. The van der Waals surface area contributed by atoms with Gasteiger partial charge in [-0.2, -0.15) is 0 Å². The lowest BCUT2D eigenvalue weighted by Gasteiger charge is -1.90. The Balaban J connectivity index is 2.77. The molecule has 0 unspecified atom stereocenters. The van der Waals surface area contributed by atoms with E-state index >= 15 is 0 Å². The highest BCUT2D eigenvalue weighted by Gasteiger charge is 2.11. The summed E-state index contributed by atoms with van der Waals surface area (Å²) in [5.74, 6) is 0.399. The molecule has 1 aliphatic heterocycles. The van der Waals surface area contributed by atoms with E-state index in [1.807, 2.05) is 6.92 Å². The van der Waals surface area contributed by atoms with Gasteiger partial charge in [0.1, 0.15) is 0 Å². The van der Waals surface area contributed by atoms with Gasteiger partial charge >= 0.3 is 0 Å². The van der Waals surface area contributed by atoms with Crippen LogP contribution in [0.25, 0.3) is 0 Å². The van der Waals surface area contributed by atoms with E-state index in [1.54, 1.807) is 6.08 Å². The molecule has 0 radical (unpaired) electrons. The van der Waals surface area contributed by atoms with Crippen LogP contribution in [0.3, 0.4) is 0 Å². The molecule has 0 aromatic carbocycles. The summed E-state index contributed by atoms with van der Waals surface area (Å²) in [6, 6.07) is 0. The smallest absolute Gasteiger partial charge is 0.216 e. The summed E-state index contributed by atoms with van der Waals surface area (Å²) in [7, 11) is 0. The summed E-state index contributed by atoms with van der Waals surface area (Å²) in [6.45, 7) is 5.42. The van der Waals surface area contributed by atoms with Gasteiger partial charge in [-0.1, -0.05) is 17.3 Å². The molecule has 0 amide bonds. The van der Waals surface area contributed by atoms with Gasteiger partial charge in [0, 0.05) is 5.28 Å². The molecule has 0 saturated heterocycles. The third-order valence-corrected chi connectivity index (χ3v) is 0.891. The Bertz CT molecular complexity index is 239. The lowest BCUT2D eigenvalue weighted by Crippen LogP contribution is -1.91. The minimum absolute atomic E-state index is 0.0444. The number of amidine groups is 1. The minimum Gasteiger partial charge on any atom is -0.335 e. The third-order valence-electron chi connectivity index (χ3n) is 0.891. The molecule has 52 valence electrons. The van der Waals surface area contributed by atoms with Crippen molar-refractivity contribution in [2.75, 3.05) is 0 Å². The summed E-state index contributed by atoms with van der Waals surface area (Å²) < 4.78 is 0. The fourth-order valence-corrected chi connectivity index (χ4v) is 0.516. The Kier molecular flexibility index (Phi) is 1.62. The first-order chi connectivity index (χ1) is 4.70. The lowest BCUT2D eigenvalue weighted by molar-refractivity contribution is 0.244. The maximum absolute atomic E-state index is 7.10. The Morgan fingerprint density at radius 3 is 2.90 bits per heavy atom. The van der Waals surface area contributed by atoms with Crippen molar-refractivity contribution in [2.24, 2.45) is 10.4 Å². The fraction of sp³-hybridized carbons (Fsp3) is 0.167. The van der Waals surface area contributed by atoms with E-state index < -0.39 is 0 Å². The Hall–Kier alpha value is -1.45. The number of allylic oxidation sites excluding steroid dienone is 2. The second-order valence-corrected chi connectivity index (χ2v) is 1.98. The zero-order valence-corrected chi connectivity index (χ0v) is 5.59. The highest BCUT2D eigenvalue weighted by Crippen LogP contribution is 2.11. The maximum Gasteiger partial charge on any atom is 0.216 e. The second kappa shape index (κ2) is 2.43. The molecule has 0 aromatic heterocycles. The summed E-state index contributed by atoms with van der Waals surface area (Å²) in [5.41, 5.74) is 0.812. The quantitative estimate of drug-likeness (QED) is 0.588. The highest BCUT2D eigenvalue weighted by atomic mass is 16.7. The molecule has 0 spiro atoms. The first-order valence-electron chi connectivity index (χ1n) is 2.74. The zero-order chi connectivity index (χ0) is 7.56. The molecule has 1 rings (SSSR count). The molecule has 0 fully saturated rings. The first kappa shape index (κ1) is 6.67. The van der Waals surface area contributed by atoms with Gasteiger partial charge in [-0.25, -0.2) is 0 Å². The molecule has 0 atom stereocenters. The number of hydrogen-bond donors (Lipinski definition) is 1. The van der Waals surface area contributed by atoms with Crippen molar-refractivity contribution in [2.45, 2.75) is 6.92 Å². The highest BCUT2D eigenvalue weighted by molar-refractivity contribution is 5.95. The van der Waals surface area contributed by atoms with Crippen LogP contribution >= 0.6 is 0 Å². The van der Waals surface area contributed by atoms with Crippen LogP contribution in [0.15, 0.2) is 34.4 Å². The van der Waals surface area contributed by atoms with Crippen LogP contribution in [0.1, 0.15) is 6.92 Å². The van der Waals surface area contributed by atoms with Crippen LogP contribution in [-0.4, -0.2) is 5.84 Å².